The summed E-state index contributed by atoms with van der Waals surface area (Å²) in [5, 5.41) is 20.9. The molecule has 0 saturated carbocycles. The molecular weight excluding hydrogens is 364 g/mol. The Balaban J connectivity index is 1.89. The Kier molecular flexibility index (Phi) is 5.28. The van der Waals surface area contributed by atoms with E-state index in [1.165, 1.54) is 6.21 Å². The summed E-state index contributed by atoms with van der Waals surface area (Å²) in [5.74, 6) is 0.921. The van der Waals surface area contributed by atoms with Crippen molar-refractivity contribution in [1.29, 1.82) is 10.7 Å². The van der Waals surface area contributed by atoms with E-state index in [0.717, 1.165) is 52.8 Å². The van der Waals surface area contributed by atoms with Gasteiger partial charge in [0.2, 0.25) is 0 Å². The molecule has 7 nitrogen and oxygen atoms in total. The highest BCUT2D eigenvalue weighted by Crippen LogP contribution is 2.33. The number of nitrogens with zero attached hydrogens (tertiary/aromatic N) is 4. The average Bonchev–Trinajstić information content (AvgIpc) is 3.12. The minimum absolute atomic E-state index is 0.190. The third-order valence-corrected chi connectivity index (χ3v) is 5.36. The molecule has 2 atom stereocenters. The standard InChI is InChI=1S/C22H24N6O/c1-14(9-23)11-25-13-21-27-20-12-26-19-4-3-16(10-24)8-18(19)22(20)28(21)17-5-6-29-15(2)7-17/h3-4,8-9,11-12,15,17,23,25H,5-7,13H2,1-2H3/b14-11-,23-9?/t15-,17?/m1/s1. The molecule has 1 aliphatic heterocycles. The lowest BCUT2D eigenvalue weighted by Crippen LogP contribution is -2.27. The van der Waals surface area contributed by atoms with Gasteiger partial charge in [0.05, 0.1) is 41.5 Å². The molecule has 1 aliphatic rings. The van der Waals surface area contributed by atoms with Crippen LogP contribution < -0.4 is 5.32 Å². The third-order valence-electron chi connectivity index (χ3n) is 5.36. The molecule has 0 radical (unpaired) electrons. The zero-order chi connectivity index (χ0) is 20.4. The van der Waals surface area contributed by atoms with Gasteiger partial charge in [0, 0.05) is 30.4 Å². The maximum absolute atomic E-state index is 9.37. The fraction of sp³-hybridized carbons (Fsp3) is 0.364. The van der Waals surface area contributed by atoms with Crippen molar-refractivity contribution in [3.8, 4) is 6.07 Å². The number of pyridine rings is 1. The molecule has 1 unspecified atom stereocenters. The Labute approximate surface area is 169 Å². The molecule has 1 saturated heterocycles. The highest BCUT2D eigenvalue weighted by atomic mass is 16.5. The number of benzene rings is 1. The summed E-state index contributed by atoms with van der Waals surface area (Å²) in [4.78, 5) is 9.42. The second kappa shape index (κ2) is 8.02. The number of ether oxygens (including phenoxy) is 1. The van der Waals surface area contributed by atoms with E-state index in [-0.39, 0.29) is 12.1 Å². The van der Waals surface area contributed by atoms with Crippen LogP contribution in [0.1, 0.15) is 44.1 Å². The molecule has 1 aromatic carbocycles. The van der Waals surface area contributed by atoms with Gasteiger partial charge in [-0.2, -0.15) is 5.26 Å². The predicted molar refractivity (Wildman–Crippen MR) is 113 cm³/mol. The van der Waals surface area contributed by atoms with Gasteiger partial charge in [-0.05, 0) is 50.5 Å². The first-order chi connectivity index (χ1) is 14.1. The number of hydrogen-bond donors (Lipinski definition) is 2. The second-order valence-electron chi connectivity index (χ2n) is 7.51. The molecule has 0 amide bonds. The molecule has 0 spiro atoms. The number of imidazole rings is 1. The molecule has 0 bridgehead atoms. The van der Waals surface area contributed by atoms with E-state index >= 15 is 0 Å². The van der Waals surface area contributed by atoms with Gasteiger partial charge in [-0.3, -0.25) is 4.98 Å². The minimum Gasteiger partial charge on any atom is -0.383 e. The first kappa shape index (κ1) is 19.1. The molecule has 3 aromatic rings. The number of nitrogens with one attached hydrogen (secondary N) is 2. The van der Waals surface area contributed by atoms with E-state index in [1.807, 2.05) is 31.5 Å². The first-order valence-corrected chi connectivity index (χ1v) is 9.82. The van der Waals surface area contributed by atoms with Crippen molar-refractivity contribution in [1.82, 2.24) is 19.9 Å². The molecule has 4 rings (SSSR count). The highest BCUT2D eigenvalue weighted by molar-refractivity contribution is 6.02. The lowest BCUT2D eigenvalue weighted by Gasteiger charge is -2.30. The zero-order valence-corrected chi connectivity index (χ0v) is 16.6. The summed E-state index contributed by atoms with van der Waals surface area (Å²) in [6.45, 7) is 5.25. The first-order valence-electron chi connectivity index (χ1n) is 9.82. The average molecular weight is 388 g/mol. The van der Waals surface area contributed by atoms with Crippen LogP contribution in [0.15, 0.2) is 36.2 Å². The Morgan fingerprint density at radius 2 is 2.31 bits per heavy atom. The third kappa shape index (κ3) is 3.71. The molecule has 29 heavy (non-hydrogen) atoms. The monoisotopic (exact) mass is 388 g/mol. The van der Waals surface area contributed by atoms with Gasteiger partial charge in [0.15, 0.2) is 0 Å². The van der Waals surface area contributed by atoms with E-state index in [4.69, 9.17) is 15.1 Å². The number of allylic oxidation sites excluding steroid dienone is 1. The summed E-state index contributed by atoms with van der Waals surface area (Å²) in [7, 11) is 0. The molecule has 148 valence electrons. The van der Waals surface area contributed by atoms with Crippen molar-refractivity contribution in [2.24, 2.45) is 0 Å². The molecule has 2 aromatic heterocycles. The quantitative estimate of drug-likeness (QED) is 0.647. The maximum Gasteiger partial charge on any atom is 0.129 e. The molecular formula is C22H24N6O. The summed E-state index contributed by atoms with van der Waals surface area (Å²) in [6, 6.07) is 8.10. The number of aromatic nitrogens is 3. The summed E-state index contributed by atoms with van der Waals surface area (Å²) in [6.07, 6.45) is 6.97. The van der Waals surface area contributed by atoms with Gasteiger partial charge in [0.1, 0.15) is 11.3 Å². The van der Waals surface area contributed by atoms with Crippen LogP contribution in [0, 0.1) is 16.7 Å². The van der Waals surface area contributed by atoms with Crippen LogP contribution in [0.2, 0.25) is 0 Å². The number of hydrogen-bond acceptors (Lipinski definition) is 6. The zero-order valence-electron chi connectivity index (χ0n) is 16.6. The summed E-state index contributed by atoms with van der Waals surface area (Å²) < 4.78 is 8.08. The van der Waals surface area contributed by atoms with Crippen molar-refractivity contribution in [3.63, 3.8) is 0 Å². The number of nitriles is 1. The van der Waals surface area contributed by atoms with Gasteiger partial charge in [-0.1, -0.05) is 0 Å². The van der Waals surface area contributed by atoms with Crippen LogP contribution >= 0.6 is 0 Å². The summed E-state index contributed by atoms with van der Waals surface area (Å²) >= 11 is 0. The van der Waals surface area contributed by atoms with E-state index in [9.17, 15) is 5.26 Å². The van der Waals surface area contributed by atoms with Crippen LogP contribution in [0.4, 0.5) is 0 Å². The van der Waals surface area contributed by atoms with Crippen molar-refractivity contribution >= 4 is 28.2 Å². The van der Waals surface area contributed by atoms with Crippen LogP contribution in [-0.4, -0.2) is 33.5 Å². The Morgan fingerprint density at radius 3 is 3.07 bits per heavy atom. The SMILES string of the molecule is C/C(C=N)=C/NCc1nc2cnc3ccc(C#N)cc3c2n1C1CCO[C@H](C)C1. The van der Waals surface area contributed by atoms with E-state index < -0.39 is 0 Å². The predicted octanol–water partition coefficient (Wildman–Crippen LogP) is 3.84. The van der Waals surface area contributed by atoms with Crippen molar-refractivity contribution in [2.75, 3.05) is 6.61 Å². The fourth-order valence-electron chi connectivity index (χ4n) is 3.97. The van der Waals surface area contributed by atoms with Gasteiger partial charge < -0.3 is 20.0 Å². The van der Waals surface area contributed by atoms with Crippen LogP contribution in [-0.2, 0) is 11.3 Å². The fourth-order valence-corrected chi connectivity index (χ4v) is 3.97. The molecule has 7 heteroatoms. The van der Waals surface area contributed by atoms with Crippen molar-refractivity contribution in [3.05, 3.63) is 47.6 Å². The topological polar surface area (TPSA) is 99.6 Å². The number of rotatable bonds is 5. The minimum atomic E-state index is 0.190. The molecule has 1 fully saturated rings. The van der Waals surface area contributed by atoms with Gasteiger partial charge in [-0.25, -0.2) is 4.98 Å². The Hall–Kier alpha value is -3.24. The Morgan fingerprint density at radius 1 is 1.45 bits per heavy atom. The van der Waals surface area contributed by atoms with Crippen LogP contribution in [0.25, 0.3) is 21.9 Å². The summed E-state index contributed by atoms with van der Waals surface area (Å²) in [5.41, 5.74) is 4.17. The van der Waals surface area contributed by atoms with Crippen LogP contribution in [0.5, 0.6) is 0 Å². The van der Waals surface area contributed by atoms with E-state index in [1.54, 1.807) is 6.07 Å². The number of fused-ring (bicyclic) bond motifs is 3. The maximum atomic E-state index is 9.37. The van der Waals surface area contributed by atoms with E-state index in [2.05, 4.69) is 27.9 Å². The van der Waals surface area contributed by atoms with E-state index in [0.29, 0.717) is 12.1 Å². The van der Waals surface area contributed by atoms with Crippen LogP contribution in [0.3, 0.4) is 0 Å². The largest absolute Gasteiger partial charge is 0.383 e. The Bertz CT molecular complexity index is 1140. The van der Waals surface area contributed by atoms with Gasteiger partial charge >= 0.3 is 0 Å². The second-order valence-corrected chi connectivity index (χ2v) is 7.51. The van der Waals surface area contributed by atoms with Gasteiger partial charge in [0.25, 0.3) is 0 Å². The lowest BCUT2D eigenvalue weighted by atomic mass is 10.0. The van der Waals surface area contributed by atoms with Crippen molar-refractivity contribution < 1.29 is 4.74 Å². The van der Waals surface area contributed by atoms with Crippen molar-refractivity contribution in [2.45, 2.75) is 45.4 Å². The molecule has 3 heterocycles. The molecule has 2 N–H and O–H groups in total. The lowest BCUT2D eigenvalue weighted by molar-refractivity contribution is 0.00622. The smallest absolute Gasteiger partial charge is 0.129 e. The molecule has 0 aliphatic carbocycles. The normalized spacial score (nSPS) is 20.0. The highest BCUT2D eigenvalue weighted by Gasteiger charge is 2.26. The van der Waals surface area contributed by atoms with Gasteiger partial charge in [-0.15, -0.1) is 0 Å².